The van der Waals surface area contributed by atoms with Crippen LogP contribution >= 0.6 is 12.2 Å². The molecule has 20 heavy (non-hydrogen) atoms. The Morgan fingerprint density at radius 1 is 1.05 bits per heavy atom. The highest BCUT2D eigenvalue weighted by Gasteiger charge is 2.02. The van der Waals surface area contributed by atoms with Gasteiger partial charge in [0.05, 0.1) is 0 Å². The summed E-state index contributed by atoms with van der Waals surface area (Å²) < 4.78 is 26.0. The van der Waals surface area contributed by atoms with Gasteiger partial charge < -0.3 is 16.4 Å². The monoisotopic (exact) mass is 293 g/mol. The zero-order valence-electron chi connectivity index (χ0n) is 10.5. The van der Waals surface area contributed by atoms with Crippen molar-refractivity contribution in [3.8, 4) is 0 Å². The number of hydrogen-bond acceptors (Lipinski definition) is 2. The number of anilines is 2. The van der Waals surface area contributed by atoms with E-state index in [0.717, 1.165) is 11.8 Å². The first-order chi connectivity index (χ1) is 9.52. The Balaban J connectivity index is 1.90. The van der Waals surface area contributed by atoms with E-state index in [2.05, 4.69) is 10.6 Å². The van der Waals surface area contributed by atoms with Gasteiger partial charge in [-0.3, -0.25) is 0 Å². The molecule has 2 rings (SSSR count). The molecule has 104 valence electrons. The molecule has 0 fully saturated rings. The van der Waals surface area contributed by atoms with Gasteiger partial charge in [0.25, 0.3) is 0 Å². The second-order valence-electron chi connectivity index (χ2n) is 4.21. The molecule has 2 aromatic carbocycles. The van der Waals surface area contributed by atoms with Crippen molar-refractivity contribution in [2.45, 2.75) is 6.54 Å². The van der Waals surface area contributed by atoms with E-state index in [1.54, 1.807) is 24.3 Å². The minimum Gasteiger partial charge on any atom is -0.399 e. The van der Waals surface area contributed by atoms with Crippen LogP contribution in [0.5, 0.6) is 0 Å². The highest BCUT2D eigenvalue weighted by molar-refractivity contribution is 7.80. The Labute approximate surface area is 120 Å². The van der Waals surface area contributed by atoms with E-state index in [0.29, 0.717) is 16.4 Å². The average molecular weight is 293 g/mol. The van der Waals surface area contributed by atoms with Gasteiger partial charge in [-0.15, -0.1) is 0 Å². The zero-order valence-corrected chi connectivity index (χ0v) is 11.3. The molecular formula is C14H13F2N3S. The molecule has 0 radical (unpaired) electrons. The smallest absolute Gasteiger partial charge is 0.171 e. The van der Waals surface area contributed by atoms with Gasteiger partial charge in [-0.1, -0.05) is 0 Å². The lowest BCUT2D eigenvalue weighted by molar-refractivity contribution is 0.579. The van der Waals surface area contributed by atoms with Crippen LogP contribution in [0, 0.1) is 11.6 Å². The molecule has 0 aromatic heterocycles. The van der Waals surface area contributed by atoms with E-state index in [-0.39, 0.29) is 6.54 Å². The Morgan fingerprint density at radius 3 is 2.25 bits per heavy atom. The van der Waals surface area contributed by atoms with Gasteiger partial charge in [0.15, 0.2) is 5.11 Å². The number of hydrogen-bond donors (Lipinski definition) is 3. The van der Waals surface area contributed by atoms with E-state index in [9.17, 15) is 8.78 Å². The van der Waals surface area contributed by atoms with Crippen molar-refractivity contribution in [2.24, 2.45) is 0 Å². The van der Waals surface area contributed by atoms with Crippen molar-refractivity contribution in [1.29, 1.82) is 0 Å². The first kappa shape index (κ1) is 14.2. The van der Waals surface area contributed by atoms with Gasteiger partial charge in [-0.2, -0.15) is 0 Å². The predicted molar refractivity (Wildman–Crippen MR) is 80.3 cm³/mol. The maximum absolute atomic E-state index is 13.0. The third-order valence-corrected chi connectivity index (χ3v) is 2.79. The van der Waals surface area contributed by atoms with Crippen LogP contribution in [-0.4, -0.2) is 5.11 Å². The fourth-order valence-corrected chi connectivity index (χ4v) is 1.83. The summed E-state index contributed by atoms with van der Waals surface area (Å²) in [7, 11) is 0. The van der Waals surface area contributed by atoms with E-state index in [1.165, 1.54) is 12.1 Å². The number of nitrogens with two attached hydrogens (primary N) is 1. The lowest BCUT2D eigenvalue weighted by Crippen LogP contribution is -2.27. The van der Waals surface area contributed by atoms with Gasteiger partial charge in [0, 0.05) is 24.0 Å². The Bertz CT molecular complexity index is 594. The fraction of sp³-hybridized carbons (Fsp3) is 0.0714. The molecule has 0 saturated heterocycles. The molecule has 2 aromatic rings. The van der Waals surface area contributed by atoms with E-state index >= 15 is 0 Å². The molecule has 0 amide bonds. The van der Waals surface area contributed by atoms with Crippen LogP contribution in [0.15, 0.2) is 42.5 Å². The summed E-state index contributed by atoms with van der Waals surface area (Å²) in [6, 6.07) is 10.4. The summed E-state index contributed by atoms with van der Waals surface area (Å²) in [5.74, 6) is -1.22. The first-order valence-electron chi connectivity index (χ1n) is 5.88. The molecule has 0 spiro atoms. The highest BCUT2D eigenvalue weighted by Crippen LogP contribution is 2.11. The summed E-state index contributed by atoms with van der Waals surface area (Å²) in [5.41, 5.74) is 7.49. The molecule has 6 heteroatoms. The van der Waals surface area contributed by atoms with Crippen molar-refractivity contribution in [3.05, 3.63) is 59.7 Å². The molecule has 0 heterocycles. The third kappa shape index (κ3) is 4.17. The maximum atomic E-state index is 13.0. The molecule has 0 unspecified atom stereocenters. The summed E-state index contributed by atoms with van der Waals surface area (Å²) in [4.78, 5) is 0. The van der Waals surface area contributed by atoms with Crippen molar-refractivity contribution in [2.75, 3.05) is 11.1 Å². The second-order valence-corrected chi connectivity index (χ2v) is 4.62. The average Bonchev–Trinajstić information content (AvgIpc) is 2.38. The molecule has 0 atom stereocenters. The number of thiocarbonyl (C=S) groups is 1. The molecule has 0 aliphatic rings. The quantitative estimate of drug-likeness (QED) is 0.601. The van der Waals surface area contributed by atoms with E-state index < -0.39 is 11.6 Å². The molecular weight excluding hydrogens is 280 g/mol. The number of rotatable bonds is 3. The predicted octanol–water partition coefficient (Wildman–Crippen LogP) is 3.03. The van der Waals surface area contributed by atoms with Crippen LogP contribution in [0.4, 0.5) is 20.2 Å². The van der Waals surface area contributed by atoms with Crippen LogP contribution in [0.1, 0.15) is 5.56 Å². The van der Waals surface area contributed by atoms with Gasteiger partial charge >= 0.3 is 0 Å². The second kappa shape index (κ2) is 6.29. The standard InChI is InChI=1S/C14H13F2N3S/c15-10-5-9(6-11(16)7-10)8-18-14(20)19-13-3-1-12(17)2-4-13/h1-7H,8,17H2,(H2,18,19,20). The Hall–Kier alpha value is -2.21. The molecule has 0 aliphatic carbocycles. The minimum absolute atomic E-state index is 0.232. The fourth-order valence-electron chi connectivity index (χ4n) is 1.64. The normalized spacial score (nSPS) is 10.1. The van der Waals surface area contributed by atoms with Gasteiger partial charge in [-0.05, 0) is 54.2 Å². The van der Waals surface area contributed by atoms with Crippen molar-refractivity contribution >= 4 is 28.7 Å². The SMILES string of the molecule is Nc1ccc(NC(=S)NCc2cc(F)cc(F)c2)cc1. The van der Waals surface area contributed by atoms with Gasteiger partial charge in [0.1, 0.15) is 11.6 Å². The summed E-state index contributed by atoms with van der Waals surface area (Å²) in [6.45, 7) is 0.232. The van der Waals surface area contributed by atoms with E-state index in [4.69, 9.17) is 18.0 Å². The molecule has 4 N–H and O–H groups in total. The van der Waals surface area contributed by atoms with Crippen LogP contribution in [0.3, 0.4) is 0 Å². The largest absolute Gasteiger partial charge is 0.399 e. The number of benzene rings is 2. The first-order valence-corrected chi connectivity index (χ1v) is 6.29. The maximum Gasteiger partial charge on any atom is 0.171 e. The van der Waals surface area contributed by atoms with Crippen molar-refractivity contribution in [1.82, 2.24) is 5.32 Å². The van der Waals surface area contributed by atoms with Gasteiger partial charge in [0.2, 0.25) is 0 Å². The molecule has 0 saturated carbocycles. The molecule has 0 aliphatic heterocycles. The number of nitrogen functional groups attached to an aromatic ring is 1. The molecule has 0 bridgehead atoms. The third-order valence-electron chi connectivity index (χ3n) is 2.54. The Kier molecular flexibility index (Phi) is 4.47. The minimum atomic E-state index is -0.612. The summed E-state index contributed by atoms with van der Waals surface area (Å²) >= 11 is 5.09. The summed E-state index contributed by atoms with van der Waals surface area (Å²) in [5, 5.41) is 6.18. The Morgan fingerprint density at radius 2 is 1.65 bits per heavy atom. The summed E-state index contributed by atoms with van der Waals surface area (Å²) in [6.07, 6.45) is 0. The van der Waals surface area contributed by atoms with Crippen LogP contribution in [0.2, 0.25) is 0 Å². The lowest BCUT2D eigenvalue weighted by Gasteiger charge is -2.11. The number of halogens is 2. The zero-order chi connectivity index (χ0) is 14.5. The van der Waals surface area contributed by atoms with E-state index in [1.807, 2.05) is 0 Å². The molecule has 3 nitrogen and oxygen atoms in total. The topological polar surface area (TPSA) is 50.1 Å². The number of nitrogens with one attached hydrogen (secondary N) is 2. The van der Waals surface area contributed by atoms with Crippen LogP contribution in [0.25, 0.3) is 0 Å². The van der Waals surface area contributed by atoms with Gasteiger partial charge in [-0.25, -0.2) is 8.78 Å². The van der Waals surface area contributed by atoms with Crippen LogP contribution < -0.4 is 16.4 Å². The lowest BCUT2D eigenvalue weighted by atomic mass is 10.2. The van der Waals surface area contributed by atoms with Crippen LogP contribution in [-0.2, 0) is 6.54 Å². The van der Waals surface area contributed by atoms with Crippen molar-refractivity contribution in [3.63, 3.8) is 0 Å². The van der Waals surface area contributed by atoms with Crippen molar-refractivity contribution < 1.29 is 8.78 Å². The highest BCUT2D eigenvalue weighted by atomic mass is 32.1.